The van der Waals surface area contributed by atoms with E-state index in [1.807, 2.05) is 18.2 Å². The molecule has 0 heterocycles. The maximum Gasteiger partial charge on any atom is 0.115 e. The van der Waals surface area contributed by atoms with Crippen LogP contribution in [0.3, 0.4) is 0 Å². The van der Waals surface area contributed by atoms with Crippen molar-refractivity contribution in [2.24, 2.45) is 0 Å². The smallest absolute Gasteiger partial charge is 0.115 e. The molecule has 0 fully saturated rings. The van der Waals surface area contributed by atoms with Gasteiger partial charge in [-0.25, -0.2) is 0 Å². The van der Waals surface area contributed by atoms with Crippen molar-refractivity contribution < 1.29 is 5.11 Å². The second-order valence-corrected chi connectivity index (χ2v) is 4.12. The van der Waals surface area contributed by atoms with Gasteiger partial charge in [-0.15, -0.1) is 0 Å². The molecule has 2 aromatic rings. The van der Waals surface area contributed by atoms with Crippen molar-refractivity contribution in [3.8, 4) is 5.75 Å². The lowest BCUT2D eigenvalue weighted by atomic mass is 10.0. The summed E-state index contributed by atoms with van der Waals surface area (Å²) in [5.74, 6) is 0.266. The summed E-state index contributed by atoms with van der Waals surface area (Å²) in [6.07, 6.45) is 0.715. The first-order chi connectivity index (χ1) is 7.65. The van der Waals surface area contributed by atoms with Crippen LogP contribution in [0.25, 0.3) is 0 Å². The Labute approximate surface area is 99.3 Å². The van der Waals surface area contributed by atoms with Crippen LogP contribution >= 0.6 is 11.6 Å². The molecule has 0 radical (unpaired) electrons. The van der Waals surface area contributed by atoms with Crippen molar-refractivity contribution in [3.63, 3.8) is 0 Å². The van der Waals surface area contributed by atoms with Crippen molar-refractivity contribution >= 4 is 17.3 Å². The van der Waals surface area contributed by atoms with Gasteiger partial charge in [0.1, 0.15) is 5.75 Å². The van der Waals surface area contributed by atoms with Crippen LogP contribution in [0.4, 0.5) is 5.69 Å². The second kappa shape index (κ2) is 4.45. The first-order valence-corrected chi connectivity index (χ1v) is 5.35. The van der Waals surface area contributed by atoms with Crippen molar-refractivity contribution in [1.29, 1.82) is 0 Å². The van der Waals surface area contributed by atoms with E-state index >= 15 is 0 Å². The summed E-state index contributed by atoms with van der Waals surface area (Å²) in [5, 5.41) is 9.86. The molecular formula is C13H12ClNO. The lowest BCUT2D eigenvalue weighted by Gasteiger charge is -2.06. The molecule has 0 aromatic heterocycles. The molecule has 0 spiro atoms. The van der Waals surface area contributed by atoms with Gasteiger partial charge in [0.2, 0.25) is 0 Å². The minimum absolute atomic E-state index is 0.266. The highest BCUT2D eigenvalue weighted by atomic mass is 35.5. The van der Waals surface area contributed by atoms with E-state index in [0.717, 1.165) is 16.8 Å². The highest BCUT2D eigenvalue weighted by molar-refractivity contribution is 6.30. The van der Waals surface area contributed by atoms with Gasteiger partial charge in [-0.2, -0.15) is 0 Å². The van der Waals surface area contributed by atoms with Crippen LogP contribution in [-0.2, 0) is 6.42 Å². The fourth-order valence-corrected chi connectivity index (χ4v) is 1.76. The van der Waals surface area contributed by atoms with Crippen molar-refractivity contribution in [3.05, 3.63) is 58.6 Å². The number of benzene rings is 2. The number of halogens is 1. The molecule has 3 N–H and O–H groups in total. The Morgan fingerprint density at radius 2 is 1.75 bits per heavy atom. The molecule has 82 valence electrons. The predicted molar refractivity (Wildman–Crippen MR) is 66.8 cm³/mol. The molecular weight excluding hydrogens is 222 g/mol. The molecule has 0 amide bonds. The summed E-state index contributed by atoms with van der Waals surface area (Å²) in [6, 6.07) is 12.5. The predicted octanol–water partition coefficient (Wildman–Crippen LogP) is 3.22. The maximum absolute atomic E-state index is 9.18. The van der Waals surface area contributed by atoms with Gasteiger partial charge in [-0.3, -0.25) is 0 Å². The van der Waals surface area contributed by atoms with Crippen LogP contribution in [0.5, 0.6) is 5.75 Å². The molecule has 0 atom stereocenters. The van der Waals surface area contributed by atoms with Crippen LogP contribution < -0.4 is 5.73 Å². The molecule has 16 heavy (non-hydrogen) atoms. The van der Waals surface area contributed by atoms with Crippen LogP contribution in [-0.4, -0.2) is 5.11 Å². The summed E-state index contributed by atoms with van der Waals surface area (Å²) in [7, 11) is 0. The van der Waals surface area contributed by atoms with Gasteiger partial charge >= 0.3 is 0 Å². The van der Waals surface area contributed by atoms with Crippen molar-refractivity contribution in [2.45, 2.75) is 6.42 Å². The van der Waals surface area contributed by atoms with Gasteiger partial charge in [0.25, 0.3) is 0 Å². The number of hydrogen-bond acceptors (Lipinski definition) is 2. The Morgan fingerprint density at radius 3 is 2.44 bits per heavy atom. The summed E-state index contributed by atoms with van der Waals surface area (Å²) >= 11 is 5.91. The van der Waals surface area contributed by atoms with Gasteiger partial charge in [0, 0.05) is 10.7 Å². The molecule has 0 saturated carbocycles. The maximum atomic E-state index is 9.18. The Kier molecular flexibility index (Phi) is 3.02. The van der Waals surface area contributed by atoms with E-state index in [1.54, 1.807) is 24.3 Å². The fourth-order valence-electron chi connectivity index (χ4n) is 1.56. The summed E-state index contributed by atoms with van der Waals surface area (Å²) in [6.45, 7) is 0. The largest absolute Gasteiger partial charge is 0.508 e. The van der Waals surface area contributed by atoms with E-state index in [2.05, 4.69) is 0 Å². The van der Waals surface area contributed by atoms with Crippen molar-refractivity contribution in [1.82, 2.24) is 0 Å². The molecule has 2 rings (SSSR count). The third-order valence-corrected chi connectivity index (χ3v) is 2.67. The van der Waals surface area contributed by atoms with E-state index in [-0.39, 0.29) is 5.75 Å². The van der Waals surface area contributed by atoms with Gasteiger partial charge in [0.15, 0.2) is 0 Å². The zero-order valence-electron chi connectivity index (χ0n) is 8.65. The third-order valence-electron chi connectivity index (χ3n) is 2.44. The molecule has 0 saturated heterocycles. The first-order valence-electron chi connectivity index (χ1n) is 4.97. The third kappa shape index (κ3) is 2.47. The van der Waals surface area contributed by atoms with Gasteiger partial charge in [-0.05, 0) is 47.9 Å². The van der Waals surface area contributed by atoms with Gasteiger partial charge < -0.3 is 10.8 Å². The number of phenolic OH excluding ortho intramolecular Hbond substituents is 1. The van der Waals surface area contributed by atoms with Crippen LogP contribution in [0.2, 0.25) is 5.02 Å². The zero-order valence-corrected chi connectivity index (χ0v) is 9.41. The zero-order chi connectivity index (χ0) is 11.5. The minimum Gasteiger partial charge on any atom is -0.508 e. The van der Waals surface area contributed by atoms with Gasteiger partial charge in [-0.1, -0.05) is 23.7 Å². The van der Waals surface area contributed by atoms with Crippen molar-refractivity contribution in [2.75, 3.05) is 5.73 Å². The number of anilines is 1. The number of phenols is 1. The molecule has 0 unspecified atom stereocenters. The first kappa shape index (κ1) is 10.8. The molecule has 0 aliphatic rings. The molecule has 0 aliphatic carbocycles. The average molecular weight is 234 g/mol. The van der Waals surface area contributed by atoms with E-state index in [9.17, 15) is 5.11 Å². The summed E-state index contributed by atoms with van der Waals surface area (Å²) < 4.78 is 0. The quantitative estimate of drug-likeness (QED) is 0.783. The Balaban J connectivity index is 2.26. The lowest BCUT2D eigenvalue weighted by Crippen LogP contribution is -1.95. The lowest BCUT2D eigenvalue weighted by molar-refractivity contribution is 0.475. The average Bonchev–Trinajstić information content (AvgIpc) is 2.27. The van der Waals surface area contributed by atoms with Crippen LogP contribution in [0.15, 0.2) is 42.5 Å². The topological polar surface area (TPSA) is 46.2 Å². The number of hydrogen-bond donors (Lipinski definition) is 2. The Hall–Kier alpha value is -1.67. The molecule has 0 aliphatic heterocycles. The number of nitrogen functional groups attached to an aromatic ring is 1. The van der Waals surface area contributed by atoms with E-state index in [0.29, 0.717) is 11.4 Å². The number of rotatable bonds is 2. The fraction of sp³-hybridized carbons (Fsp3) is 0.0769. The van der Waals surface area contributed by atoms with Crippen LogP contribution in [0, 0.1) is 0 Å². The minimum atomic E-state index is 0.266. The standard InChI is InChI=1S/C13H12ClNO/c14-11-3-6-13(15)10(8-11)7-9-1-4-12(16)5-2-9/h1-6,8,16H,7,15H2. The SMILES string of the molecule is Nc1ccc(Cl)cc1Cc1ccc(O)cc1. The highest BCUT2D eigenvalue weighted by Crippen LogP contribution is 2.21. The molecule has 2 aromatic carbocycles. The normalized spacial score (nSPS) is 10.3. The van der Waals surface area contributed by atoms with Gasteiger partial charge in [0.05, 0.1) is 0 Å². The van der Waals surface area contributed by atoms with Crippen LogP contribution in [0.1, 0.15) is 11.1 Å². The van der Waals surface area contributed by atoms with E-state index in [1.165, 1.54) is 0 Å². The summed E-state index contributed by atoms with van der Waals surface area (Å²) in [4.78, 5) is 0. The summed E-state index contributed by atoms with van der Waals surface area (Å²) in [5.41, 5.74) is 8.68. The number of aromatic hydroxyl groups is 1. The highest BCUT2D eigenvalue weighted by Gasteiger charge is 2.02. The Bertz CT molecular complexity index is 494. The molecule has 2 nitrogen and oxygen atoms in total. The molecule has 3 heteroatoms. The molecule has 0 bridgehead atoms. The Morgan fingerprint density at radius 1 is 1.06 bits per heavy atom. The number of nitrogens with two attached hydrogens (primary N) is 1. The van der Waals surface area contributed by atoms with E-state index < -0.39 is 0 Å². The second-order valence-electron chi connectivity index (χ2n) is 3.69. The monoisotopic (exact) mass is 233 g/mol. The van der Waals surface area contributed by atoms with E-state index in [4.69, 9.17) is 17.3 Å².